The Labute approximate surface area is 187 Å². The van der Waals surface area contributed by atoms with Gasteiger partial charge in [0.2, 0.25) is 11.8 Å². The molecule has 2 aromatic rings. The molecule has 3 N–H and O–H groups in total. The van der Waals surface area contributed by atoms with Gasteiger partial charge in [-0.05, 0) is 48.7 Å². The Morgan fingerprint density at radius 3 is 2.44 bits per heavy atom. The van der Waals surface area contributed by atoms with Gasteiger partial charge >= 0.3 is 0 Å². The molecule has 0 bridgehead atoms. The Kier molecular flexibility index (Phi) is 6.28. The molecule has 7 nitrogen and oxygen atoms in total. The zero-order chi connectivity index (χ0) is 22.7. The quantitative estimate of drug-likeness (QED) is 0.727. The molecule has 4 rings (SSSR count). The highest BCUT2D eigenvalue weighted by Crippen LogP contribution is 2.49. The minimum Gasteiger partial charge on any atom is -0.383 e. The lowest BCUT2D eigenvalue weighted by Crippen LogP contribution is -2.62. The van der Waals surface area contributed by atoms with Crippen LogP contribution in [0.15, 0.2) is 48.5 Å². The van der Waals surface area contributed by atoms with Crippen molar-refractivity contribution in [2.75, 3.05) is 25.6 Å². The van der Waals surface area contributed by atoms with Crippen LogP contribution in [0, 0.1) is 0 Å². The van der Waals surface area contributed by atoms with Gasteiger partial charge in [-0.3, -0.25) is 14.4 Å². The number of primary amides is 1. The maximum atomic E-state index is 13.8. The molecule has 2 aromatic carbocycles. The molecule has 168 valence electrons. The van der Waals surface area contributed by atoms with Crippen LogP contribution in [0.3, 0.4) is 0 Å². The fourth-order valence-electron chi connectivity index (χ4n) is 5.28. The van der Waals surface area contributed by atoms with Crippen molar-refractivity contribution in [1.29, 1.82) is 0 Å². The highest BCUT2D eigenvalue weighted by atomic mass is 16.5. The molecule has 1 aliphatic carbocycles. The molecular weight excluding hydrogens is 406 g/mol. The number of methoxy groups -OCH3 is 1. The fraction of sp³-hybridized carbons (Fsp3) is 0.400. The van der Waals surface area contributed by atoms with Crippen molar-refractivity contribution >= 4 is 23.4 Å². The highest BCUT2D eigenvalue weighted by Gasteiger charge is 2.54. The number of nitrogens with one attached hydrogen (secondary N) is 1. The van der Waals surface area contributed by atoms with Gasteiger partial charge in [-0.1, -0.05) is 37.5 Å². The monoisotopic (exact) mass is 435 g/mol. The number of benzene rings is 2. The average Bonchev–Trinajstić information content (AvgIpc) is 2.80. The predicted octanol–water partition coefficient (Wildman–Crippen LogP) is 3.31. The van der Waals surface area contributed by atoms with Crippen LogP contribution in [0.5, 0.6) is 0 Å². The predicted molar refractivity (Wildman–Crippen MR) is 122 cm³/mol. The third kappa shape index (κ3) is 3.88. The van der Waals surface area contributed by atoms with E-state index in [0.717, 1.165) is 37.7 Å². The number of nitrogens with two attached hydrogens (primary N) is 1. The standard InChI is InChI=1S/C25H29N3O4/c1-32-16-15-28-24(31)20-8-4-3-7-19(20)21(25(28)13-5-2-6-14-25)23(30)27-18-11-9-17(10-12-18)22(26)29/h3-4,7-12,21H,2,5-6,13-16H2,1H3,(H2,26,29)(H,27,30)/t21-/m1/s1. The van der Waals surface area contributed by atoms with E-state index in [9.17, 15) is 14.4 Å². The number of amides is 3. The summed E-state index contributed by atoms with van der Waals surface area (Å²) in [5, 5.41) is 3.02. The van der Waals surface area contributed by atoms with E-state index in [0.29, 0.717) is 30.0 Å². The molecule has 1 spiro atoms. The van der Waals surface area contributed by atoms with E-state index < -0.39 is 17.4 Å². The summed E-state index contributed by atoms with van der Waals surface area (Å²) >= 11 is 0. The third-order valence-electron chi connectivity index (χ3n) is 6.76. The molecule has 0 saturated heterocycles. The molecule has 1 saturated carbocycles. The Balaban J connectivity index is 1.75. The van der Waals surface area contributed by atoms with Gasteiger partial charge in [0.15, 0.2) is 0 Å². The van der Waals surface area contributed by atoms with Crippen LogP contribution in [0.1, 0.15) is 64.3 Å². The maximum absolute atomic E-state index is 13.8. The van der Waals surface area contributed by atoms with Gasteiger partial charge in [-0.15, -0.1) is 0 Å². The Hall–Kier alpha value is -3.19. The summed E-state index contributed by atoms with van der Waals surface area (Å²) in [6.07, 6.45) is 4.58. The summed E-state index contributed by atoms with van der Waals surface area (Å²) in [7, 11) is 1.62. The number of hydrogen-bond donors (Lipinski definition) is 2. The second kappa shape index (κ2) is 9.12. The van der Waals surface area contributed by atoms with Gasteiger partial charge < -0.3 is 20.7 Å². The van der Waals surface area contributed by atoms with E-state index in [1.807, 2.05) is 23.1 Å². The minimum atomic E-state index is -0.584. The summed E-state index contributed by atoms with van der Waals surface area (Å²) in [5.41, 5.74) is 7.06. The second-order valence-corrected chi connectivity index (χ2v) is 8.56. The Bertz CT molecular complexity index is 1010. The minimum absolute atomic E-state index is 0.0330. The van der Waals surface area contributed by atoms with Crippen LogP contribution < -0.4 is 11.1 Å². The van der Waals surface area contributed by atoms with E-state index in [4.69, 9.17) is 10.5 Å². The van der Waals surface area contributed by atoms with Crippen molar-refractivity contribution in [3.63, 3.8) is 0 Å². The van der Waals surface area contributed by atoms with Crippen LogP contribution in [-0.2, 0) is 9.53 Å². The number of carbonyl (C=O) groups excluding carboxylic acids is 3. The smallest absolute Gasteiger partial charge is 0.254 e. The summed E-state index contributed by atoms with van der Waals surface area (Å²) in [6, 6.07) is 14.0. The average molecular weight is 436 g/mol. The molecule has 3 amide bonds. The van der Waals surface area contributed by atoms with Crippen LogP contribution in [0.2, 0.25) is 0 Å². The molecule has 0 unspecified atom stereocenters. The van der Waals surface area contributed by atoms with E-state index >= 15 is 0 Å². The normalized spacial score (nSPS) is 19.5. The number of hydrogen-bond acceptors (Lipinski definition) is 4. The van der Waals surface area contributed by atoms with Crippen LogP contribution >= 0.6 is 0 Å². The second-order valence-electron chi connectivity index (χ2n) is 8.56. The largest absolute Gasteiger partial charge is 0.383 e. The molecule has 32 heavy (non-hydrogen) atoms. The lowest BCUT2D eigenvalue weighted by molar-refractivity contribution is -0.122. The van der Waals surface area contributed by atoms with Gasteiger partial charge in [0.1, 0.15) is 0 Å². The van der Waals surface area contributed by atoms with E-state index in [2.05, 4.69) is 5.32 Å². The summed E-state index contributed by atoms with van der Waals surface area (Å²) in [5.74, 6) is -1.20. The first kappa shape index (κ1) is 22.0. The fourth-order valence-corrected chi connectivity index (χ4v) is 5.28. The Morgan fingerprint density at radius 1 is 1.09 bits per heavy atom. The number of rotatable bonds is 6. The van der Waals surface area contributed by atoms with E-state index in [-0.39, 0.29) is 11.8 Å². The molecule has 1 aliphatic heterocycles. The topological polar surface area (TPSA) is 102 Å². The van der Waals surface area contributed by atoms with Crippen molar-refractivity contribution in [3.05, 3.63) is 65.2 Å². The van der Waals surface area contributed by atoms with Gasteiger partial charge in [-0.2, -0.15) is 0 Å². The number of carbonyl (C=O) groups is 3. The zero-order valence-corrected chi connectivity index (χ0v) is 18.3. The summed E-state index contributed by atoms with van der Waals surface area (Å²) in [6.45, 7) is 0.860. The molecule has 0 aromatic heterocycles. The molecule has 1 heterocycles. The molecule has 0 radical (unpaired) electrons. The van der Waals surface area contributed by atoms with Gasteiger partial charge in [0, 0.05) is 30.5 Å². The van der Waals surface area contributed by atoms with Crippen LogP contribution in [0.25, 0.3) is 0 Å². The van der Waals surface area contributed by atoms with Crippen molar-refractivity contribution in [2.45, 2.75) is 43.6 Å². The van der Waals surface area contributed by atoms with Gasteiger partial charge in [-0.25, -0.2) is 0 Å². The van der Waals surface area contributed by atoms with E-state index in [1.54, 1.807) is 37.4 Å². The first-order valence-electron chi connectivity index (χ1n) is 11.1. The lowest BCUT2D eigenvalue weighted by atomic mass is 9.65. The number of anilines is 1. The first-order chi connectivity index (χ1) is 15.5. The number of nitrogens with zero attached hydrogens (tertiary/aromatic N) is 1. The molecule has 1 fully saturated rings. The maximum Gasteiger partial charge on any atom is 0.254 e. The van der Waals surface area contributed by atoms with Crippen molar-refractivity contribution in [1.82, 2.24) is 4.90 Å². The van der Waals surface area contributed by atoms with Gasteiger partial charge in [0.25, 0.3) is 5.91 Å². The van der Waals surface area contributed by atoms with Crippen molar-refractivity contribution < 1.29 is 19.1 Å². The molecule has 7 heteroatoms. The molecule has 1 atom stereocenters. The van der Waals surface area contributed by atoms with E-state index in [1.165, 1.54) is 0 Å². The Morgan fingerprint density at radius 2 is 1.78 bits per heavy atom. The highest BCUT2D eigenvalue weighted by molar-refractivity contribution is 6.05. The summed E-state index contributed by atoms with van der Waals surface area (Å²) in [4.78, 5) is 40.5. The molecular formula is C25H29N3O4. The van der Waals surface area contributed by atoms with Crippen LogP contribution in [-0.4, -0.2) is 48.4 Å². The number of ether oxygens (including phenoxy) is 1. The summed E-state index contributed by atoms with van der Waals surface area (Å²) < 4.78 is 5.30. The van der Waals surface area contributed by atoms with Crippen molar-refractivity contribution in [3.8, 4) is 0 Å². The number of fused-ring (bicyclic) bond motifs is 1. The molecule has 2 aliphatic rings. The first-order valence-corrected chi connectivity index (χ1v) is 11.1. The van der Waals surface area contributed by atoms with Crippen LogP contribution in [0.4, 0.5) is 5.69 Å². The third-order valence-corrected chi connectivity index (χ3v) is 6.76. The van der Waals surface area contributed by atoms with Crippen molar-refractivity contribution in [2.24, 2.45) is 5.73 Å². The lowest BCUT2D eigenvalue weighted by Gasteiger charge is -2.53. The SMILES string of the molecule is COCCN1C(=O)c2ccccc2[C@H](C(=O)Nc2ccc(C(N)=O)cc2)C12CCCCC2. The zero-order valence-electron chi connectivity index (χ0n) is 18.3. The van der Waals surface area contributed by atoms with Gasteiger partial charge in [0.05, 0.1) is 18.1 Å².